The van der Waals surface area contributed by atoms with Crippen LogP contribution in [0.25, 0.3) is 0 Å². The molecule has 0 aliphatic heterocycles. The number of aliphatic carboxylic acids is 1. The lowest BCUT2D eigenvalue weighted by Crippen LogP contribution is -2.46. The third-order valence-electron chi connectivity index (χ3n) is 2.97. The second-order valence-corrected chi connectivity index (χ2v) is 6.53. The highest BCUT2D eigenvalue weighted by atomic mass is 32.2. The van der Waals surface area contributed by atoms with E-state index in [1.54, 1.807) is 32.0 Å². The van der Waals surface area contributed by atoms with Crippen LogP contribution in [-0.4, -0.2) is 34.9 Å². The molecule has 0 fully saturated rings. The van der Waals surface area contributed by atoms with Crippen molar-refractivity contribution in [3.63, 3.8) is 0 Å². The molecule has 0 heterocycles. The van der Waals surface area contributed by atoms with Gasteiger partial charge >= 0.3 is 11.9 Å². The van der Waals surface area contributed by atoms with E-state index in [1.165, 1.54) is 18.9 Å². The number of benzene rings is 1. The molecule has 0 aliphatic carbocycles. The van der Waals surface area contributed by atoms with Gasteiger partial charge in [0.1, 0.15) is 6.04 Å². The summed E-state index contributed by atoms with van der Waals surface area (Å²) in [4.78, 5) is 22.4. The summed E-state index contributed by atoms with van der Waals surface area (Å²) >= 11 is 1.44. The van der Waals surface area contributed by atoms with Gasteiger partial charge in [-0.25, -0.2) is 4.79 Å². The zero-order chi connectivity index (χ0) is 15.3. The van der Waals surface area contributed by atoms with Crippen molar-refractivity contribution in [1.82, 2.24) is 0 Å². The van der Waals surface area contributed by atoms with Crippen molar-refractivity contribution in [3.05, 3.63) is 35.4 Å². The molecule has 5 nitrogen and oxygen atoms in total. The maximum Gasteiger partial charge on any atom is 0.337 e. The normalized spacial score (nSPS) is 12.8. The Hall–Kier alpha value is -1.53. The molecule has 110 valence electrons. The Morgan fingerprint density at radius 3 is 2.65 bits per heavy atom. The SMILES string of the molecule is COC(=O)c1cccc(CSC(C)(C)[C@H](N)C(=O)O)c1. The molecule has 0 radical (unpaired) electrons. The molecule has 3 N–H and O–H groups in total. The summed E-state index contributed by atoms with van der Waals surface area (Å²) in [5.74, 6) is -0.845. The van der Waals surface area contributed by atoms with Crippen LogP contribution < -0.4 is 5.73 Å². The van der Waals surface area contributed by atoms with Crippen molar-refractivity contribution in [1.29, 1.82) is 0 Å². The first-order chi connectivity index (χ1) is 9.27. The van der Waals surface area contributed by atoms with Gasteiger partial charge < -0.3 is 15.6 Å². The van der Waals surface area contributed by atoms with Gasteiger partial charge in [0, 0.05) is 10.5 Å². The van der Waals surface area contributed by atoms with E-state index in [-0.39, 0.29) is 0 Å². The first-order valence-corrected chi connectivity index (χ1v) is 7.06. The summed E-state index contributed by atoms with van der Waals surface area (Å²) < 4.78 is 4.06. The summed E-state index contributed by atoms with van der Waals surface area (Å²) in [7, 11) is 1.33. The van der Waals surface area contributed by atoms with Gasteiger partial charge in [-0.05, 0) is 31.5 Å². The summed E-state index contributed by atoms with van der Waals surface area (Å²) in [6.07, 6.45) is 0. The van der Waals surface area contributed by atoms with E-state index >= 15 is 0 Å². The molecule has 1 aromatic rings. The Kier molecular flexibility index (Phi) is 5.59. The molecule has 0 amide bonds. The molecule has 0 aliphatic rings. The predicted octanol–water partition coefficient (Wildman–Crippen LogP) is 1.90. The third-order valence-corrected chi connectivity index (χ3v) is 4.45. The van der Waals surface area contributed by atoms with Crippen LogP contribution in [0.1, 0.15) is 29.8 Å². The van der Waals surface area contributed by atoms with Crippen LogP contribution in [0.3, 0.4) is 0 Å². The first kappa shape index (κ1) is 16.5. The Labute approximate surface area is 122 Å². The van der Waals surface area contributed by atoms with E-state index in [0.717, 1.165) is 5.56 Å². The minimum atomic E-state index is -1.02. The fourth-order valence-corrected chi connectivity index (χ4v) is 2.56. The van der Waals surface area contributed by atoms with Gasteiger partial charge in [-0.15, -0.1) is 11.8 Å². The fourth-order valence-electron chi connectivity index (χ4n) is 1.56. The number of hydrogen-bond acceptors (Lipinski definition) is 5. The van der Waals surface area contributed by atoms with Crippen molar-refractivity contribution in [2.45, 2.75) is 30.4 Å². The number of thioether (sulfide) groups is 1. The largest absolute Gasteiger partial charge is 0.480 e. The van der Waals surface area contributed by atoms with Crippen LogP contribution in [0.15, 0.2) is 24.3 Å². The van der Waals surface area contributed by atoms with Crippen LogP contribution >= 0.6 is 11.8 Å². The lowest BCUT2D eigenvalue weighted by atomic mass is 10.1. The average Bonchev–Trinajstić information content (AvgIpc) is 2.43. The van der Waals surface area contributed by atoms with Crippen LogP contribution in [0.2, 0.25) is 0 Å². The molecule has 0 bridgehead atoms. The van der Waals surface area contributed by atoms with Gasteiger partial charge in [0.25, 0.3) is 0 Å². The molecular weight excluding hydrogens is 278 g/mol. The number of esters is 1. The molecule has 1 rings (SSSR count). The van der Waals surface area contributed by atoms with E-state index in [2.05, 4.69) is 4.74 Å². The number of carbonyl (C=O) groups is 2. The van der Waals surface area contributed by atoms with Gasteiger partial charge in [0.2, 0.25) is 0 Å². The number of carboxylic acids is 1. The maximum absolute atomic E-state index is 11.4. The quantitative estimate of drug-likeness (QED) is 0.779. The summed E-state index contributed by atoms with van der Waals surface area (Å²) in [6.45, 7) is 3.58. The zero-order valence-corrected chi connectivity index (χ0v) is 12.6. The van der Waals surface area contributed by atoms with E-state index < -0.39 is 22.7 Å². The molecular formula is C14H19NO4S. The van der Waals surface area contributed by atoms with Crippen molar-refractivity contribution >= 4 is 23.7 Å². The molecule has 1 atom stereocenters. The highest BCUT2D eigenvalue weighted by Gasteiger charge is 2.32. The highest BCUT2D eigenvalue weighted by molar-refractivity contribution is 7.99. The van der Waals surface area contributed by atoms with Crippen molar-refractivity contribution < 1.29 is 19.4 Å². The molecule has 1 aromatic carbocycles. The van der Waals surface area contributed by atoms with Gasteiger partial charge in [0.15, 0.2) is 0 Å². The number of hydrogen-bond donors (Lipinski definition) is 2. The zero-order valence-electron chi connectivity index (χ0n) is 11.8. The predicted molar refractivity (Wildman–Crippen MR) is 78.8 cm³/mol. The summed E-state index contributed by atoms with van der Waals surface area (Å²) in [6, 6.07) is 6.11. The Bertz CT molecular complexity index is 502. The van der Waals surface area contributed by atoms with E-state index in [1.807, 2.05) is 6.07 Å². The standard InChI is InChI=1S/C14H19NO4S/c1-14(2,11(15)12(16)17)20-8-9-5-4-6-10(7-9)13(18)19-3/h4-7,11H,8,15H2,1-3H3,(H,16,17)/t11-/m1/s1. The fraction of sp³-hybridized carbons (Fsp3) is 0.429. The average molecular weight is 297 g/mol. The van der Waals surface area contributed by atoms with Crippen molar-refractivity contribution in [2.75, 3.05) is 7.11 Å². The number of carboxylic acid groups (broad SMARTS) is 1. The number of rotatable bonds is 6. The monoisotopic (exact) mass is 297 g/mol. The molecule has 0 saturated heterocycles. The second-order valence-electron chi connectivity index (χ2n) is 4.90. The smallest absolute Gasteiger partial charge is 0.337 e. The van der Waals surface area contributed by atoms with Gasteiger partial charge in [-0.3, -0.25) is 4.79 Å². The molecule has 0 unspecified atom stereocenters. The molecule has 20 heavy (non-hydrogen) atoms. The van der Waals surface area contributed by atoms with Crippen molar-refractivity contribution in [3.8, 4) is 0 Å². The Morgan fingerprint density at radius 2 is 2.10 bits per heavy atom. The minimum Gasteiger partial charge on any atom is -0.480 e. The van der Waals surface area contributed by atoms with E-state index in [0.29, 0.717) is 11.3 Å². The Morgan fingerprint density at radius 1 is 1.45 bits per heavy atom. The molecule has 0 aromatic heterocycles. The second kappa shape index (κ2) is 6.76. The van der Waals surface area contributed by atoms with Gasteiger partial charge in [-0.1, -0.05) is 12.1 Å². The number of ether oxygens (including phenoxy) is 1. The maximum atomic E-state index is 11.4. The van der Waals surface area contributed by atoms with Crippen LogP contribution in [0, 0.1) is 0 Å². The van der Waals surface area contributed by atoms with Gasteiger partial charge in [0.05, 0.1) is 12.7 Å². The molecule has 6 heteroatoms. The molecule has 0 saturated carbocycles. The van der Waals surface area contributed by atoms with Crippen LogP contribution in [-0.2, 0) is 15.3 Å². The third kappa shape index (κ3) is 4.25. The van der Waals surface area contributed by atoms with E-state index in [4.69, 9.17) is 10.8 Å². The van der Waals surface area contributed by atoms with Crippen molar-refractivity contribution in [2.24, 2.45) is 5.73 Å². The van der Waals surface area contributed by atoms with Crippen LogP contribution in [0.5, 0.6) is 0 Å². The van der Waals surface area contributed by atoms with E-state index in [9.17, 15) is 9.59 Å². The molecule has 0 spiro atoms. The first-order valence-electron chi connectivity index (χ1n) is 6.07. The number of methoxy groups -OCH3 is 1. The topological polar surface area (TPSA) is 89.6 Å². The number of nitrogens with two attached hydrogens (primary N) is 1. The summed E-state index contributed by atoms with van der Waals surface area (Å²) in [5.41, 5.74) is 7.06. The Balaban J connectivity index is 2.75. The van der Waals surface area contributed by atoms with Gasteiger partial charge in [-0.2, -0.15) is 0 Å². The minimum absolute atomic E-state index is 0.390. The lowest BCUT2D eigenvalue weighted by Gasteiger charge is -2.28. The summed E-state index contributed by atoms with van der Waals surface area (Å²) in [5, 5.41) is 8.96. The lowest BCUT2D eigenvalue weighted by molar-refractivity contribution is -0.139. The van der Waals surface area contributed by atoms with Crippen LogP contribution in [0.4, 0.5) is 0 Å². The highest BCUT2D eigenvalue weighted by Crippen LogP contribution is 2.30. The number of carbonyl (C=O) groups excluding carboxylic acids is 1.